The van der Waals surface area contributed by atoms with Crippen molar-refractivity contribution in [3.05, 3.63) is 12.4 Å². The van der Waals surface area contributed by atoms with Crippen LogP contribution in [-0.4, -0.2) is 6.54 Å². The van der Waals surface area contributed by atoms with Crippen LogP contribution in [0.5, 0.6) is 0 Å². The van der Waals surface area contributed by atoms with E-state index >= 15 is 0 Å². The topological polar surface area (TPSA) is 38.0 Å². The molecular formula is C7H16N2. The summed E-state index contributed by atoms with van der Waals surface area (Å²) in [5.41, 5.74) is 5.10. The zero-order valence-corrected chi connectivity index (χ0v) is 6.06. The van der Waals surface area contributed by atoms with Gasteiger partial charge in [-0.05, 0) is 6.42 Å². The van der Waals surface area contributed by atoms with Crippen LogP contribution in [0.25, 0.3) is 0 Å². The molecule has 9 heavy (non-hydrogen) atoms. The third-order valence-electron chi connectivity index (χ3n) is 1.14. The fourth-order valence-corrected chi connectivity index (χ4v) is 0.628. The van der Waals surface area contributed by atoms with Crippen molar-refractivity contribution in [2.75, 3.05) is 6.54 Å². The smallest absolute Gasteiger partial charge is 0.0141 e. The molecule has 0 rings (SSSR count). The van der Waals surface area contributed by atoms with E-state index in [1.165, 1.54) is 25.5 Å². The minimum absolute atomic E-state index is 1.04. The van der Waals surface area contributed by atoms with Gasteiger partial charge in [-0.1, -0.05) is 19.8 Å². The summed E-state index contributed by atoms with van der Waals surface area (Å²) < 4.78 is 0. The molecule has 0 aromatic carbocycles. The van der Waals surface area contributed by atoms with E-state index in [0.717, 1.165) is 6.54 Å². The molecule has 0 unspecified atom stereocenters. The largest absolute Gasteiger partial charge is 0.403 e. The fourth-order valence-electron chi connectivity index (χ4n) is 0.628. The third-order valence-corrected chi connectivity index (χ3v) is 1.14. The lowest BCUT2D eigenvalue weighted by Crippen LogP contribution is -2.06. The Bertz CT molecular complexity index is 69.3. The van der Waals surface area contributed by atoms with Crippen molar-refractivity contribution in [1.82, 2.24) is 5.32 Å². The van der Waals surface area contributed by atoms with E-state index in [-0.39, 0.29) is 0 Å². The second-order valence-electron chi connectivity index (χ2n) is 2.02. The van der Waals surface area contributed by atoms with Gasteiger partial charge in [0.15, 0.2) is 0 Å². The van der Waals surface area contributed by atoms with Gasteiger partial charge in [0, 0.05) is 18.9 Å². The lowest BCUT2D eigenvalue weighted by atomic mass is 10.2. The van der Waals surface area contributed by atoms with Crippen molar-refractivity contribution in [3.63, 3.8) is 0 Å². The molecule has 0 heterocycles. The van der Waals surface area contributed by atoms with Gasteiger partial charge >= 0.3 is 0 Å². The predicted molar refractivity (Wildman–Crippen MR) is 40.9 cm³/mol. The summed E-state index contributed by atoms with van der Waals surface area (Å²) in [7, 11) is 0. The lowest BCUT2D eigenvalue weighted by Gasteiger charge is -1.96. The molecule has 54 valence electrons. The Morgan fingerprint density at radius 2 is 2.22 bits per heavy atom. The minimum atomic E-state index is 1.04. The van der Waals surface area contributed by atoms with Crippen LogP contribution >= 0.6 is 0 Å². The van der Waals surface area contributed by atoms with Crippen molar-refractivity contribution in [1.29, 1.82) is 0 Å². The summed E-state index contributed by atoms with van der Waals surface area (Å²) in [6, 6.07) is 0. The van der Waals surface area contributed by atoms with Gasteiger partial charge in [0.1, 0.15) is 0 Å². The van der Waals surface area contributed by atoms with E-state index in [1.54, 1.807) is 6.20 Å². The normalized spacial score (nSPS) is 10.3. The van der Waals surface area contributed by atoms with Crippen LogP contribution in [0.2, 0.25) is 0 Å². The molecule has 0 saturated heterocycles. The third kappa shape index (κ3) is 7.34. The van der Waals surface area contributed by atoms with E-state index < -0.39 is 0 Å². The van der Waals surface area contributed by atoms with Gasteiger partial charge in [-0.25, -0.2) is 0 Å². The number of rotatable bonds is 5. The maximum absolute atomic E-state index is 5.10. The summed E-state index contributed by atoms with van der Waals surface area (Å²) in [5.74, 6) is 0. The number of nitrogens with two attached hydrogens (primary N) is 1. The fraction of sp³-hybridized carbons (Fsp3) is 0.714. The summed E-state index contributed by atoms with van der Waals surface area (Å²) >= 11 is 0. The molecule has 0 radical (unpaired) electrons. The van der Waals surface area contributed by atoms with Crippen LogP contribution in [-0.2, 0) is 0 Å². The molecule has 3 N–H and O–H groups in total. The first kappa shape index (κ1) is 8.34. The van der Waals surface area contributed by atoms with Gasteiger partial charge in [0.2, 0.25) is 0 Å². The number of hydrogen-bond acceptors (Lipinski definition) is 2. The van der Waals surface area contributed by atoms with E-state index in [9.17, 15) is 0 Å². The number of unbranched alkanes of at least 4 members (excludes halogenated alkanes) is 2. The highest BCUT2D eigenvalue weighted by molar-refractivity contribution is 4.71. The summed E-state index contributed by atoms with van der Waals surface area (Å²) in [4.78, 5) is 0. The van der Waals surface area contributed by atoms with E-state index in [1.807, 2.05) is 0 Å². The van der Waals surface area contributed by atoms with Gasteiger partial charge in [-0.2, -0.15) is 0 Å². The molecule has 2 nitrogen and oxygen atoms in total. The standard InChI is InChI=1S/C7H16N2/c1-2-3-4-6-9-7-5-8/h5,7,9H,2-4,6,8H2,1H3/b7-5+. The van der Waals surface area contributed by atoms with Crippen LogP contribution < -0.4 is 11.1 Å². The van der Waals surface area contributed by atoms with Gasteiger partial charge < -0.3 is 11.1 Å². The Morgan fingerprint density at radius 3 is 2.78 bits per heavy atom. The highest BCUT2D eigenvalue weighted by Gasteiger charge is 1.80. The van der Waals surface area contributed by atoms with Crippen LogP contribution in [0.1, 0.15) is 26.2 Å². The molecule has 0 amide bonds. The molecular weight excluding hydrogens is 112 g/mol. The van der Waals surface area contributed by atoms with Crippen LogP contribution in [0.3, 0.4) is 0 Å². The van der Waals surface area contributed by atoms with Crippen molar-refractivity contribution in [3.8, 4) is 0 Å². The maximum Gasteiger partial charge on any atom is 0.0141 e. The zero-order valence-electron chi connectivity index (χ0n) is 6.06. The molecule has 0 aromatic heterocycles. The Kier molecular flexibility index (Phi) is 6.80. The molecule has 0 aliphatic rings. The maximum atomic E-state index is 5.10. The summed E-state index contributed by atoms with van der Waals surface area (Å²) in [5, 5.41) is 3.06. The highest BCUT2D eigenvalue weighted by atomic mass is 14.8. The molecule has 0 aliphatic carbocycles. The monoisotopic (exact) mass is 128 g/mol. The SMILES string of the molecule is CCCCCN/C=C/N. The first-order chi connectivity index (χ1) is 4.41. The second-order valence-corrected chi connectivity index (χ2v) is 2.02. The van der Waals surface area contributed by atoms with Crippen molar-refractivity contribution in [2.24, 2.45) is 5.73 Å². The number of hydrogen-bond donors (Lipinski definition) is 2. The Balaban J connectivity index is 2.75. The Hall–Kier alpha value is -0.660. The molecule has 0 saturated carbocycles. The molecule has 0 fully saturated rings. The minimum Gasteiger partial charge on any atom is -0.403 e. The van der Waals surface area contributed by atoms with Gasteiger partial charge in [0.25, 0.3) is 0 Å². The first-order valence-electron chi connectivity index (χ1n) is 3.52. The Morgan fingerprint density at radius 1 is 1.44 bits per heavy atom. The molecule has 0 spiro atoms. The molecule has 0 aromatic rings. The highest BCUT2D eigenvalue weighted by Crippen LogP contribution is 1.90. The van der Waals surface area contributed by atoms with Crippen molar-refractivity contribution in [2.45, 2.75) is 26.2 Å². The molecule has 0 bridgehead atoms. The molecule has 0 aliphatic heterocycles. The van der Waals surface area contributed by atoms with E-state index in [4.69, 9.17) is 5.73 Å². The zero-order chi connectivity index (χ0) is 6.95. The van der Waals surface area contributed by atoms with Crippen LogP contribution in [0, 0.1) is 0 Å². The Labute approximate surface area is 57.1 Å². The lowest BCUT2D eigenvalue weighted by molar-refractivity contribution is 0.682. The number of nitrogens with one attached hydrogen (secondary N) is 1. The predicted octanol–water partition coefficient (Wildman–Crippen LogP) is 1.20. The van der Waals surface area contributed by atoms with E-state index in [2.05, 4.69) is 12.2 Å². The average Bonchev–Trinajstić information content (AvgIpc) is 1.89. The quantitative estimate of drug-likeness (QED) is 0.546. The van der Waals surface area contributed by atoms with Crippen molar-refractivity contribution >= 4 is 0 Å². The van der Waals surface area contributed by atoms with Gasteiger partial charge in [0.05, 0.1) is 0 Å². The molecule has 2 heteroatoms. The second kappa shape index (κ2) is 7.34. The van der Waals surface area contributed by atoms with Gasteiger partial charge in [-0.3, -0.25) is 0 Å². The van der Waals surface area contributed by atoms with Gasteiger partial charge in [-0.15, -0.1) is 0 Å². The molecule has 0 atom stereocenters. The van der Waals surface area contributed by atoms with E-state index in [0.29, 0.717) is 0 Å². The van der Waals surface area contributed by atoms with Crippen molar-refractivity contribution < 1.29 is 0 Å². The summed E-state index contributed by atoms with van der Waals surface area (Å²) in [6.07, 6.45) is 7.10. The average molecular weight is 128 g/mol. The van der Waals surface area contributed by atoms with Crippen LogP contribution in [0.4, 0.5) is 0 Å². The first-order valence-corrected chi connectivity index (χ1v) is 3.52. The van der Waals surface area contributed by atoms with Crippen LogP contribution in [0.15, 0.2) is 12.4 Å². The summed E-state index contributed by atoms with van der Waals surface area (Å²) in [6.45, 7) is 3.24.